The number of hydrogen-bond acceptors (Lipinski definition) is 4. The molecule has 8 aromatic carbocycles. The Labute approximate surface area is 439 Å². The summed E-state index contributed by atoms with van der Waals surface area (Å²) < 4.78 is 12.3. The highest BCUT2D eigenvalue weighted by molar-refractivity contribution is 6.18. The summed E-state index contributed by atoms with van der Waals surface area (Å²) >= 11 is 0. The van der Waals surface area contributed by atoms with Crippen molar-refractivity contribution in [1.29, 1.82) is 5.26 Å². The van der Waals surface area contributed by atoms with Crippen LogP contribution in [0.3, 0.4) is 0 Å². The Hall–Kier alpha value is -8.27. The van der Waals surface area contributed by atoms with E-state index in [1.54, 1.807) is 0 Å². The van der Waals surface area contributed by atoms with Crippen molar-refractivity contribution in [2.24, 2.45) is 0 Å². The first kappa shape index (κ1) is 47.7. The zero-order chi connectivity index (χ0) is 52.5. The number of aromatic nitrogens is 4. The largest absolute Gasteiger partial charge is 0.453 e. The zero-order valence-electron chi connectivity index (χ0n) is 45.2. The Morgan fingerprint density at radius 3 is 1.17 bits per heavy atom. The second-order valence-electron chi connectivity index (χ2n) is 24.7. The van der Waals surface area contributed by atoms with E-state index in [2.05, 4.69) is 226 Å². The first-order valence-corrected chi connectivity index (χ1v) is 26.3. The van der Waals surface area contributed by atoms with Gasteiger partial charge < -0.3 is 13.6 Å². The van der Waals surface area contributed by atoms with Crippen molar-refractivity contribution in [3.63, 3.8) is 0 Å². The van der Waals surface area contributed by atoms with Crippen LogP contribution < -0.4 is 0 Å². The number of furan rings is 1. The second kappa shape index (κ2) is 16.9. The van der Waals surface area contributed by atoms with Crippen LogP contribution in [0, 0.1) is 11.3 Å². The average Bonchev–Trinajstić information content (AvgIpc) is 4.05. The first-order chi connectivity index (χ1) is 35.7. The van der Waals surface area contributed by atoms with Crippen LogP contribution in [0.2, 0.25) is 0 Å². The van der Waals surface area contributed by atoms with Crippen LogP contribution in [0.15, 0.2) is 168 Å². The third-order valence-corrected chi connectivity index (χ3v) is 15.4. The molecule has 0 aliphatic rings. The van der Waals surface area contributed by atoms with Gasteiger partial charge in [-0.05, 0) is 111 Å². The van der Waals surface area contributed by atoms with Crippen molar-refractivity contribution >= 4 is 65.6 Å². The maximum absolute atomic E-state index is 11.8. The summed E-state index contributed by atoms with van der Waals surface area (Å²) in [5.74, 6) is 0.551. The van der Waals surface area contributed by atoms with Gasteiger partial charge in [0.2, 0.25) is 0 Å². The molecule has 0 bridgehead atoms. The third kappa shape index (κ3) is 7.91. The minimum atomic E-state index is -0.0976. The molecule has 4 heterocycles. The standard InChI is InChI=1S/C69H63N5O/c1-66(2,3)44-26-30-57-50(35-44)51-36-45(67(4,5)6)27-31-58(51)73(57)61-43(40-70)34-54-48-24-19-25-49(65-71-55(41-20-15-13-16-21-41)39-56(72-65)42-22-17-14-18-23-42)63(48)75-64(54)62(61)74-59-32-28-46(68(7,8)9)37-52(59)53-38-47(69(10,11)12)29-33-60(53)74/h13-39H,1-12H3. The Morgan fingerprint density at radius 2 is 0.787 bits per heavy atom. The number of para-hydroxylation sites is 1. The SMILES string of the molecule is CC(C)(C)c1ccc2c(c1)c1cc(C(C)(C)C)ccc1n2-c1c(C#N)cc2c(oc3c(-c4nc(-c5ccccc5)cc(-c5ccccc5)n4)cccc32)c1-n1c2ccc(C(C)(C)C)cc2c2cc(C(C)(C)C)ccc21. The molecule has 6 heteroatoms. The molecule has 4 aromatic heterocycles. The van der Waals surface area contributed by atoms with Gasteiger partial charge >= 0.3 is 0 Å². The molecule has 0 aliphatic heterocycles. The lowest BCUT2D eigenvalue weighted by atomic mass is 9.85. The number of hydrogen-bond donors (Lipinski definition) is 0. The van der Waals surface area contributed by atoms with Crippen LogP contribution in [0.25, 0.3) is 111 Å². The lowest BCUT2D eigenvalue weighted by molar-refractivity contribution is 0.590. The van der Waals surface area contributed by atoms with Gasteiger partial charge in [0.1, 0.15) is 17.3 Å². The molecule has 0 saturated carbocycles. The summed E-state index contributed by atoms with van der Waals surface area (Å²) in [4.78, 5) is 10.6. The molecule has 12 rings (SSSR count). The van der Waals surface area contributed by atoms with Gasteiger partial charge in [-0.3, -0.25) is 0 Å². The number of nitriles is 1. The molecule has 0 spiro atoms. The van der Waals surface area contributed by atoms with Gasteiger partial charge in [0.05, 0.1) is 50.3 Å². The highest BCUT2D eigenvalue weighted by atomic mass is 16.3. The third-order valence-electron chi connectivity index (χ3n) is 15.4. The van der Waals surface area contributed by atoms with E-state index in [0.717, 1.165) is 93.8 Å². The monoisotopic (exact) mass is 978 g/mol. The molecule has 0 radical (unpaired) electrons. The molecule has 12 aromatic rings. The minimum Gasteiger partial charge on any atom is -0.453 e. The second-order valence-corrected chi connectivity index (χ2v) is 24.7. The van der Waals surface area contributed by atoms with E-state index < -0.39 is 0 Å². The van der Waals surface area contributed by atoms with Gasteiger partial charge in [0.15, 0.2) is 11.4 Å². The summed E-state index contributed by atoms with van der Waals surface area (Å²) in [6, 6.07) is 61.3. The van der Waals surface area contributed by atoms with Gasteiger partial charge in [0.25, 0.3) is 0 Å². The smallest absolute Gasteiger partial charge is 0.164 e. The predicted molar refractivity (Wildman–Crippen MR) is 314 cm³/mol. The minimum absolute atomic E-state index is 0.0922. The fraction of sp³-hybridized carbons (Fsp3) is 0.232. The predicted octanol–water partition coefficient (Wildman–Crippen LogP) is 18.6. The summed E-state index contributed by atoms with van der Waals surface area (Å²) in [6.07, 6.45) is 0. The highest BCUT2D eigenvalue weighted by Gasteiger charge is 2.31. The molecule has 6 nitrogen and oxygen atoms in total. The maximum Gasteiger partial charge on any atom is 0.164 e. The van der Waals surface area contributed by atoms with E-state index in [1.807, 2.05) is 36.4 Å². The van der Waals surface area contributed by atoms with Crippen molar-refractivity contribution in [2.45, 2.75) is 105 Å². The van der Waals surface area contributed by atoms with Crippen molar-refractivity contribution < 1.29 is 4.42 Å². The van der Waals surface area contributed by atoms with Gasteiger partial charge in [-0.15, -0.1) is 0 Å². The van der Waals surface area contributed by atoms with Gasteiger partial charge in [-0.1, -0.05) is 180 Å². The van der Waals surface area contributed by atoms with E-state index >= 15 is 0 Å². The molecule has 0 amide bonds. The molecule has 0 atom stereocenters. The van der Waals surface area contributed by atoms with Gasteiger partial charge in [-0.25, -0.2) is 9.97 Å². The Bertz CT molecular complexity index is 4120. The normalized spacial score (nSPS) is 12.8. The zero-order valence-corrected chi connectivity index (χ0v) is 45.2. The van der Waals surface area contributed by atoms with Gasteiger partial charge in [0, 0.05) is 43.4 Å². The van der Waals surface area contributed by atoms with E-state index in [-0.39, 0.29) is 21.7 Å². The molecule has 0 saturated heterocycles. The Morgan fingerprint density at radius 1 is 0.387 bits per heavy atom. The number of rotatable bonds is 5. The lowest BCUT2D eigenvalue weighted by Gasteiger charge is -2.21. The van der Waals surface area contributed by atoms with Gasteiger partial charge in [-0.2, -0.15) is 5.26 Å². The van der Waals surface area contributed by atoms with E-state index in [9.17, 15) is 5.26 Å². The van der Waals surface area contributed by atoms with Crippen molar-refractivity contribution in [1.82, 2.24) is 19.1 Å². The fourth-order valence-electron chi connectivity index (χ4n) is 11.1. The Kier molecular flexibility index (Phi) is 10.7. The first-order valence-electron chi connectivity index (χ1n) is 26.3. The molecule has 0 aliphatic carbocycles. The Balaban J connectivity index is 1.27. The van der Waals surface area contributed by atoms with Crippen LogP contribution in [-0.4, -0.2) is 19.1 Å². The van der Waals surface area contributed by atoms with Crippen LogP contribution in [0.4, 0.5) is 0 Å². The molecule has 370 valence electrons. The van der Waals surface area contributed by atoms with E-state index in [1.165, 1.54) is 22.3 Å². The van der Waals surface area contributed by atoms with Crippen LogP contribution >= 0.6 is 0 Å². The number of fused-ring (bicyclic) bond motifs is 9. The number of nitrogens with zero attached hydrogens (tertiary/aromatic N) is 5. The van der Waals surface area contributed by atoms with Crippen molar-refractivity contribution in [2.75, 3.05) is 0 Å². The van der Waals surface area contributed by atoms with Crippen LogP contribution in [0.1, 0.15) is 111 Å². The quantitative estimate of drug-likeness (QED) is 0.172. The number of benzene rings is 8. The van der Waals surface area contributed by atoms with E-state index in [4.69, 9.17) is 14.4 Å². The molecule has 0 unspecified atom stereocenters. The van der Waals surface area contributed by atoms with Crippen molar-refractivity contribution in [3.8, 4) is 51.3 Å². The molecule has 0 fully saturated rings. The topological polar surface area (TPSA) is 72.6 Å². The van der Waals surface area contributed by atoms with Crippen molar-refractivity contribution in [3.05, 3.63) is 192 Å². The lowest BCUT2D eigenvalue weighted by Crippen LogP contribution is -2.11. The molecular weight excluding hydrogens is 915 g/mol. The summed E-state index contributed by atoms with van der Waals surface area (Å²) in [5, 5.41) is 18.1. The van der Waals surface area contributed by atoms with Crippen LogP contribution in [-0.2, 0) is 21.7 Å². The summed E-state index contributed by atoms with van der Waals surface area (Å²) in [7, 11) is 0. The summed E-state index contributed by atoms with van der Waals surface area (Å²) in [5.41, 5.74) is 16.5. The summed E-state index contributed by atoms with van der Waals surface area (Å²) in [6.45, 7) is 27.3. The maximum atomic E-state index is 11.8. The molecule has 75 heavy (non-hydrogen) atoms. The average molecular weight is 978 g/mol. The molecular formula is C69H63N5O. The van der Waals surface area contributed by atoms with E-state index in [0.29, 0.717) is 22.6 Å². The fourth-order valence-corrected chi connectivity index (χ4v) is 11.1. The highest BCUT2D eigenvalue weighted by Crippen LogP contribution is 2.48. The van der Waals surface area contributed by atoms with Crippen LogP contribution in [0.5, 0.6) is 0 Å². The molecule has 0 N–H and O–H groups in total.